The number of hydrogen-bond acceptors (Lipinski definition) is 4. The Morgan fingerprint density at radius 2 is 2.00 bits per heavy atom. The molecule has 2 amide bonds. The standard InChI is InChI=1S/C19H18N2O3S/c1-12-6-7-14-13(10-24-16(14)8-12)9-19(23)21-15-4-2-3-5-17(15)25-11-18(20)22/h2-8,10H,9,11H2,1H3,(H2,20,22)(H,21,23). The molecule has 128 valence electrons. The van der Waals surface area contributed by atoms with Crippen molar-refractivity contribution in [3.05, 3.63) is 59.9 Å². The van der Waals surface area contributed by atoms with Crippen molar-refractivity contribution < 1.29 is 14.0 Å². The van der Waals surface area contributed by atoms with Gasteiger partial charge in [0.15, 0.2) is 0 Å². The van der Waals surface area contributed by atoms with Gasteiger partial charge in [0, 0.05) is 15.8 Å². The summed E-state index contributed by atoms with van der Waals surface area (Å²) in [6, 6.07) is 13.2. The fraction of sp³-hybridized carbons (Fsp3) is 0.158. The van der Waals surface area contributed by atoms with Gasteiger partial charge in [0.1, 0.15) is 5.58 Å². The van der Waals surface area contributed by atoms with Crippen molar-refractivity contribution in [3.8, 4) is 0 Å². The third-order valence-corrected chi connectivity index (χ3v) is 4.79. The molecule has 0 unspecified atom stereocenters. The third-order valence-electron chi connectivity index (χ3n) is 3.69. The van der Waals surface area contributed by atoms with Gasteiger partial charge in [0.2, 0.25) is 11.8 Å². The molecule has 2 aromatic carbocycles. The summed E-state index contributed by atoms with van der Waals surface area (Å²) in [7, 11) is 0. The minimum absolute atomic E-state index is 0.143. The normalized spacial score (nSPS) is 10.8. The van der Waals surface area contributed by atoms with Gasteiger partial charge in [0.05, 0.1) is 24.1 Å². The van der Waals surface area contributed by atoms with Gasteiger partial charge in [-0.3, -0.25) is 9.59 Å². The van der Waals surface area contributed by atoms with Gasteiger partial charge >= 0.3 is 0 Å². The van der Waals surface area contributed by atoms with Gasteiger partial charge in [-0.05, 0) is 30.7 Å². The van der Waals surface area contributed by atoms with Gasteiger partial charge in [0.25, 0.3) is 0 Å². The molecule has 3 rings (SSSR count). The molecule has 0 saturated heterocycles. The Hall–Kier alpha value is -2.73. The molecular formula is C19H18N2O3S. The second-order valence-electron chi connectivity index (χ2n) is 5.74. The first-order valence-corrected chi connectivity index (χ1v) is 8.78. The first-order valence-electron chi connectivity index (χ1n) is 7.79. The summed E-state index contributed by atoms with van der Waals surface area (Å²) in [6.07, 6.45) is 1.84. The number of para-hydroxylation sites is 1. The minimum atomic E-state index is -0.397. The molecule has 0 spiro atoms. The highest BCUT2D eigenvalue weighted by Gasteiger charge is 2.12. The van der Waals surface area contributed by atoms with Crippen LogP contribution < -0.4 is 11.1 Å². The Morgan fingerprint density at radius 1 is 1.20 bits per heavy atom. The molecule has 0 aliphatic heterocycles. The van der Waals surface area contributed by atoms with Crippen molar-refractivity contribution in [2.75, 3.05) is 11.1 Å². The maximum Gasteiger partial charge on any atom is 0.228 e. The van der Waals surface area contributed by atoms with E-state index >= 15 is 0 Å². The van der Waals surface area contributed by atoms with E-state index in [4.69, 9.17) is 10.2 Å². The summed E-state index contributed by atoms with van der Waals surface area (Å²) < 4.78 is 5.53. The maximum atomic E-state index is 12.4. The SMILES string of the molecule is Cc1ccc2c(CC(=O)Nc3ccccc3SCC(N)=O)coc2c1. The number of hydrogen-bond donors (Lipinski definition) is 2. The molecule has 0 atom stereocenters. The molecular weight excluding hydrogens is 336 g/mol. The van der Waals surface area contributed by atoms with Gasteiger partial charge in [-0.15, -0.1) is 11.8 Å². The van der Waals surface area contributed by atoms with Gasteiger partial charge < -0.3 is 15.5 Å². The molecule has 0 fully saturated rings. The molecule has 3 N–H and O–H groups in total. The first kappa shape index (κ1) is 17.1. The summed E-state index contributed by atoms with van der Waals surface area (Å²) in [5.74, 6) is -0.375. The molecule has 0 aliphatic carbocycles. The average Bonchev–Trinajstić information content (AvgIpc) is 2.95. The Morgan fingerprint density at radius 3 is 2.80 bits per heavy atom. The highest BCUT2D eigenvalue weighted by atomic mass is 32.2. The molecule has 1 heterocycles. The molecule has 0 bridgehead atoms. The fourth-order valence-corrected chi connectivity index (χ4v) is 3.29. The van der Waals surface area contributed by atoms with Crippen LogP contribution in [0.3, 0.4) is 0 Å². The molecule has 25 heavy (non-hydrogen) atoms. The van der Waals surface area contributed by atoms with E-state index in [1.807, 2.05) is 43.3 Å². The zero-order valence-electron chi connectivity index (χ0n) is 13.7. The number of carbonyl (C=O) groups is 2. The van der Waals surface area contributed by atoms with Crippen LogP contribution in [0.2, 0.25) is 0 Å². The number of primary amides is 1. The Bertz CT molecular complexity index is 933. The Balaban J connectivity index is 1.73. The van der Waals surface area contributed by atoms with E-state index in [2.05, 4.69) is 5.32 Å². The van der Waals surface area contributed by atoms with E-state index in [1.165, 1.54) is 11.8 Å². The second-order valence-corrected chi connectivity index (χ2v) is 6.75. The molecule has 5 nitrogen and oxygen atoms in total. The van der Waals surface area contributed by atoms with E-state index in [0.717, 1.165) is 27.0 Å². The number of nitrogens with two attached hydrogens (primary N) is 1. The van der Waals surface area contributed by atoms with Crippen LogP contribution in [0.4, 0.5) is 5.69 Å². The van der Waals surface area contributed by atoms with E-state index in [0.29, 0.717) is 5.69 Å². The lowest BCUT2D eigenvalue weighted by Crippen LogP contribution is -2.16. The van der Waals surface area contributed by atoms with Crippen LogP contribution in [0.25, 0.3) is 11.0 Å². The topological polar surface area (TPSA) is 85.3 Å². The first-order chi connectivity index (χ1) is 12.0. The average molecular weight is 354 g/mol. The lowest BCUT2D eigenvalue weighted by molar-refractivity contribution is -0.116. The summed E-state index contributed by atoms with van der Waals surface area (Å²) in [5.41, 5.74) is 8.59. The number of fused-ring (bicyclic) bond motifs is 1. The second kappa shape index (κ2) is 7.44. The van der Waals surface area contributed by atoms with Crippen molar-refractivity contribution in [1.82, 2.24) is 0 Å². The minimum Gasteiger partial charge on any atom is -0.464 e. The van der Waals surface area contributed by atoms with Crippen LogP contribution in [0, 0.1) is 6.92 Å². The van der Waals surface area contributed by atoms with Crippen molar-refractivity contribution in [2.45, 2.75) is 18.2 Å². The zero-order chi connectivity index (χ0) is 17.8. The summed E-state index contributed by atoms with van der Waals surface area (Å²) in [5, 5.41) is 3.84. The summed E-state index contributed by atoms with van der Waals surface area (Å²) in [4.78, 5) is 24.2. The number of anilines is 1. The molecule has 0 saturated carbocycles. The van der Waals surface area contributed by atoms with E-state index < -0.39 is 5.91 Å². The van der Waals surface area contributed by atoms with Gasteiger partial charge in [-0.25, -0.2) is 0 Å². The monoisotopic (exact) mass is 354 g/mol. The summed E-state index contributed by atoms with van der Waals surface area (Å²) >= 11 is 1.30. The van der Waals surface area contributed by atoms with Crippen LogP contribution in [-0.4, -0.2) is 17.6 Å². The van der Waals surface area contributed by atoms with Crippen molar-refractivity contribution in [1.29, 1.82) is 0 Å². The van der Waals surface area contributed by atoms with Crippen LogP contribution in [0.5, 0.6) is 0 Å². The van der Waals surface area contributed by atoms with Crippen LogP contribution in [-0.2, 0) is 16.0 Å². The molecule has 6 heteroatoms. The zero-order valence-corrected chi connectivity index (χ0v) is 14.6. The number of nitrogens with one attached hydrogen (secondary N) is 1. The number of amides is 2. The van der Waals surface area contributed by atoms with Gasteiger partial charge in [-0.1, -0.05) is 24.3 Å². The quantitative estimate of drug-likeness (QED) is 0.664. The predicted molar refractivity (Wildman–Crippen MR) is 99.6 cm³/mol. The Kier molecular flexibility index (Phi) is 5.09. The maximum absolute atomic E-state index is 12.4. The molecule has 0 radical (unpaired) electrons. The number of furan rings is 1. The highest BCUT2D eigenvalue weighted by molar-refractivity contribution is 8.00. The van der Waals surface area contributed by atoms with Crippen molar-refractivity contribution in [3.63, 3.8) is 0 Å². The predicted octanol–water partition coefficient (Wildman–Crippen LogP) is 3.50. The van der Waals surface area contributed by atoms with Crippen LogP contribution >= 0.6 is 11.8 Å². The van der Waals surface area contributed by atoms with Gasteiger partial charge in [-0.2, -0.15) is 0 Å². The highest BCUT2D eigenvalue weighted by Crippen LogP contribution is 2.27. The summed E-state index contributed by atoms with van der Waals surface area (Å²) in [6.45, 7) is 2.00. The van der Waals surface area contributed by atoms with E-state index in [9.17, 15) is 9.59 Å². The van der Waals surface area contributed by atoms with Crippen LogP contribution in [0.1, 0.15) is 11.1 Å². The molecule has 1 aromatic heterocycles. The Labute approximate surface area is 149 Å². The lowest BCUT2D eigenvalue weighted by Gasteiger charge is -2.09. The van der Waals surface area contributed by atoms with Crippen molar-refractivity contribution in [2.24, 2.45) is 5.73 Å². The number of rotatable bonds is 6. The van der Waals surface area contributed by atoms with Crippen LogP contribution in [0.15, 0.2) is 58.0 Å². The lowest BCUT2D eigenvalue weighted by atomic mass is 10.1. The van der Waals surface area contributed by atoms with Crippen molar-refractivity contribution >= 4 is 40.2 Å². The van der Waals surface area contributed by atoms with E-state index in [1.54, 1.807) is 12.3 Å². The molecule has 0 aliphatic rings. The number of benzene rings is 2. The smallest absolute Gasteiger partial charge is 0.228 e. The fourth-order valence-electron chi connectivity index (χ4n) is 2.54. The third kappa shape index (κ3) is 4.22. The van der Waals surface area contributed by atoms with E-state index in [-0.39, 0.29) is 18.1 Å². The molecule has 3 aromatic rings. The largest absolute Gasteiger partial charge is 0.464 e. The number of carbonyl (C=O) groups excluding carboxylic acids is 2. The number of thioether (sulfide) groups is 1. The number of aryl methyl sites for hydroxylation is 1.